The van der Waals surface area contributed by atoms with Gasteiger partial charge in [-0.25, -0.2) is 0 Å². The van der Waals surface area contributed by atoms with Crippen LogP contribution in [0.5, 0.6) is 0 Å². The summed E-state index contributed by atoms with van der Waals surface area (Å²) >= 11 is 10.4. The highest BCUT2D eigenvalue weighted by atomic mass is 32.1. The summed E-state index contributed by atoms with van der Waals surface area (Å²) in [4.78, 5) is 24.4. The molecule has 59 heavy (non-hydrogen) atoms. The lowest BCUT2D eigenvalue weighted by molar-refractivity contribution is -0.122. The highest BCUT2D eigenvalue weighted by molar-refractivity contribution is 7.80. The summed E-state index contributed by atoms with van der Waals surface area (Å²) in [5, 5.41) is 21.9. The van der Waals surface area contributed by atoms with Gasteiger partial charge in [0.05, 0.1) is 28.1 Å². The molecular weight excluding hydrogens is 779 g/mol. The molecular formula is C44H63N11O2S2. The topological polar surface area (TPSA) is 201 Å². The number of nitriles is 1. The third-order valence-corrected chi connectivity index (χ3v) is 11.6. The van der Waals surface area contributed by atoms with Crippen molar-refractivity contribution in [1.29, 1.82) is 5.26 Å². The average molecular weight is 842 g/mol. The molecule has 0 spiro atoms. The molecule has 4 aliphatic rings. The third-order valence-electron chi connectivity index (χ3n) is 11.1. The Balaban J connectivity index is 0.000000180. The predicted molar refractivity (Wildman–Crippen MR) is 242 cm³/mol. The Hall–Kier alpha value is -4.62. The van der Waals surface area contributed by atoms with Crippen LogP contribution in [0.1, 0.15) is 126 Å². The number of ketones is 2. The Morgan fingerprint density at radius 2 is 1.22 bits per heavy atom. The maximum atomic E-state index is 12.2. The number of hydrazine groups is 1. The molecule has 0 aliphatic heterocycles. The second kappa shape index (κ2) is 23.8. The van der Waals surface area contributed by atoms with Crippen molar-refractivity contribution in [2.45, 2.75) is 122 Å². The second-order valence-electron chi connectivity index (χ2n) is 15.6. The molecule has 8 rings (SSSR count). The number of Topliss-reactive ketones (excluding diaryl/α,β-unsaturated/α-hetero) is 2. The van der Waals surface area contributed by atoms with Crippen LogP contribution >= 0.6 is 24.4 Å². The van der Waals surface area contributed by atoms with E-state index in [4.69, 9.17) is 41.2 Å². The molecule has 0 amide bonds. The van der Waals surface area contributed by atoms with Gasteiger partial charge >= 0.3 is 0 Å². The molecule has 1 atom stereocenters. The van der Waals surface area contributed by atoms with Gasteiger partial charge in [0.15, 0.2) is 5.78 Å². The first-order chi connectivity index (χ1) is 28.4. The minimum atomic E-state index is -0.279. The van der Waals surface area contributed by atoms with Gasteiger partial charge in [0.1, 0.15) is 17.5 Å². The highest BCUT2D eigenvalue weighted by Crippen LogP contribution is 2.27. The van der Waals surface area contributed by atoms with Crippen LogP contribution in [0.25, 0.3) is 0 Å². The van der Waals surface area contributed by atoms with Crippen LogP contribution in [0.15, 0.2) is 30.3 Å². The number of aromatic nitrogens is 6. The predicted octanol–water partition coefficient (Wildman–Crippen LogP) is 5.84. The summed E-state index contributed by atoms with van der Waals surface area (Å²) in [5.74, 6) is 5.42. The van der Waals surface area contributed by atoms with E-state index in [1.54, 1.807) is 11.7 Å². The zero-order chi connectivity index (χ0) is 42.9. The average Bonchev–Trinajstić information content (AvgIpc) is 3.83. The van der Waals surface area contributed by atoms with Gasteiger partial charge in [-0.15, -0.1) is 0 Å². The van der Waals surface area contributed by atoms with Gasteiger partial charge in [0, 0.05) is 74.2 Å². The largest absolute Gasteiger partial charge is 0.393 e. The number of nitrogens with one attached hydrogen (secondary N) is 1. The molecule has 4 aliphatic carbocycles. The smallest absolute Gasteiger partial charge is 0.167 e. The van der Waals surface area contributed by atoms with E-state index in [-0.39, 0.29) is 17.5 Å². The van der Waals surface area contributed by atoms with E-state index >= 15 is 0 Å². The molecule has 4 aromatic rings. The number of anilines is 1. The van der Waals surface area contributed by atoms with Crippen molar-refractivity contribution in [2.24, 2.45) is 38.6 Å². The Kier molecular flexibility index (Phi) is 19.0. The van der Waals surface area contributed by atoms with E-state index in [2.05, 4.69) is 26.6 Å². The molecule has 0 bridgehead atoms. The molecule has 1 saturated carbocycles. The van der Waals surface area contributed by atoms with Crippen molar-refractivity contribution in [3.63, 3.8) is 0 Å². The van der Waals surface area contributed by atoms with E-state index in [1.165, 1.54) is 83.7 Å². The molecule has 7 N–H and O–H groups in total. The van der Waals surface area contributed by atoms with Gasteiger partial charge in [-0.3, -0.25) is 34.9 Å². The van der Waals surface area contributed by atoms with Crippen LogP contribution in [0, 0.1) is 17.2 Å². The molecule has 3 aromatic heterocycles. The Labute approximate surface area is 360 Å². The van der Waals surface area contributed by atoms with Gasteiger partial charge in [-0.1, -0.05) is 61.2 Å². The Morgan fingerprint density at radius 1 is 0.763 bits per heavy atom. The summed E-state index contributed by atoms with van der Waals surface area (Å²) in [6.45, 7) is 0. The summed E-state index contributed by atoms with van der Waals surface area (Å²) < 4.78 is 5.68. The maximum absolute atomic E-state index is 12.2. The Bertz CT molecular complexity index is 2080. The number of nitrogens with zero attached hydrogens (tertiary/aromatic N) is 7. The van der Waals surface area contributed by atoms with Crippen LogP contribution in [0.4, 0.5) is 5.82 Å². The molecule has 1 unspecified atom stereocenters. The number of carbonyl (C=O) groups excluding carboxylic acids is 2. The molecule has 318 valence electrons. The van der Waals surface area contributed by atoms with Crippen LogP contribution in [0.2, 0.25) is 0 Å². The van der Waals surface area contributed by atoms with Crippen molar-refractivity contribution in [1.82, 2.24) is 34.8 Å². The Morgan fingerprint density at radius 3 is 1.69 bits per heavy atom. The highest BCUT2D eigenvalue weighted by Gasteiger charge is 2.23. The van der Waals surface area contributed by atoms with Gasteiger partial charge in [-0.05, 0) is 108 Å². The van der Waals surface area contributed by atoms with Crippen molar-refractivity contribution in [3.05, 3.63) is 81.1 Å². The van der Waals surface area contributed by atoms with Crippen molar-refractivity contribution >= 4 is 51.7 Å². The number of fused-ring (bicyclic) bond motifs is 3. The van der Waals surface area contributed by atoms with Crippen LogP contribution in [-0.4, -0.2) is 57.8 Å². The SMILES string of the molecule is CNN.Cn1nc2c(c1CC(=S)CC(=O)c1ccccc1)CCCC2.Cn1nc2c(c1CC(N)=S)CCCC2.Cn1nc2c(c1N)CCCC2.N#CC1CCCCC1=O. The standard InChI is InChI=1S/C18H20N2OS.C10H15N3S.C8H13N3.C7H9NO.CH6N2/c1-20-17(15-9-5-6-10-16(15)19-20)11-14(22)12-18(21)13-7-3-2-4-8-13;1-13-9(6-10(11)14)7-4-2-3-5-8(7)12-13;1-11-8(9)6-4-2-3-5-7(6)10-11;8-5-6-3-1-2-4-7(6)9;1-3-2/h2-4,7-8H,5-6,9-12H2,1H3;2-6H2,1H3,(H2,11,14);2-5,9H2,1H3;6H,1-4H2;3H,2H2,1H3. The molecule has 0 saturated heterocycles. The molecule has 3 heterocycles. The summed E-state index contributed by atoms with van der Waals surface area (Å²) in [6, 6.07) is 11.4. The van der Waals surface area contributed by atoms with Crippen molar-refractivity contribution < 1.29 is 9.59 Å². The number of benzene rings is 1. The lowest BCUT2D eigenvalue weighted by Gasteiger charge is -2.12. The third kappa shape index (κ3) is 13.7. The molecule has 13 nitrogen and oxygen atoms in total. The van der Waals surface area contributed by atoms with E-state index in [9.17, 15) is 9.59 Å². The van der Waals surface area contributed by atoms with Crippen LogP contribution < -0.4 is 22.7 Å². The van der Waals surface area contributed by atoms with Crippen LogP contribution in [-0.2, 0) is 77.3 Å². The lowest BCUT2D eigenvalue weighted by atomic mass is 9.89. The number of nitrogen functional groups attached to an aromatic ring is 1. The monoisotopic (exact) mass is 841 g/mol. The quantitative estimate of drug-likeness (QED) is 0.0751. The fourth-order valence-electron chi connectivity index (χ4n) is 8.08. The number of thiocarbonyl (C=S) groups is 2. The lowest BCUT2D eigenvalue weighted by Crippen LogP contribution is -2.16. The van der Waals surface area contributed by atoms with Gasteiger partial charge in [-0.2, -0.15) is 20.6 Å². The fourth-order valence-corrected chi connectivity index (χ4v) is 8.49. The number of rotatable bonds is 7. The maximum Gasteiger partial charge on any atom is 0.167 e. The van der Waals surface area contributed by atoms with Gasteiger partial charge < -0.3 is 11.5 Å². The number of hydrogen-bond donors (Lipinski definition) is 4. The van der Waals surface area contributed by atoms with E-state index in [0.29, 0.717) is 30.7 Å². The summed E-state index contributed by atoms with van der Waals surface area (Å²) in [6.07, 6.45) is 19.3. The summed E-state index contributed by atoms with van der Waals surface area (Å²) in [7, 11) is 7.52. The van der Waals surface area contributed by atoms with Crippen LogP contribution in [0.3, 0.4) is 0 Å². The zero-order valence-electron chi connectivity index (χ0n) is 35.4. The summed E-state index contributed by atoms with van der Waals surface area (Å²) in [5.41, 5.74) is 24.5. The number of nitrogens with two attached hydrogens (primary N) is 3. The minimum Gasteiger partial charge on any atom is -0.393 e. The molecule has 1 aromatic carbocycles. The fraction of sp³-hybridized carbons (Fsp3) is 0.545. The van der Waals surface area contributed by atoms with E-state index in [0.717, 1.165) is 74.0 Å². The molecule has 1 fully saturated rings. The van der Waals surface area contributed by atoms with E-state index < -0.39 is 0 Å². The number of hydrogen-bond acceptors (Lipinski definition) is 11. The first-order valence-electron chi connectivity index (χ1n) is 20.9. The van der Waals surface area contributed by atoms with E-state index in [1.807, 2.05) is 66.9 Å². The second-order valence-corrected chi connectivity index (χ2v) is 16.7. The minimum absolute atomic E-state index is 0.0987. The molecule has 0 radical (unpaired) electrons. The van der Waals surface area contributed by atoms with Crippen molar-refractivity contribution in [2.75, 3.05) is 12.8 Å². The molecule has 15 heteroatoms. The normalized spacial score (nSPS) is 16.3. The van der Waals surface area contributed by atoms with Gasteiger partial charge in [0.2, 0.25) is 0 Å². The number of aryl methyl sites for hydroxylation is 6. The van der Waals surface area contributed by atoms with Gasteiger partial charge in [0.25, 0.3) is 0 Å². The number of carbonyl (C=O) groups is 2. The first kappa shape index (κ1) is 47.1. The zero-order valence-corrected chi connectivity index (χ0v) is 37.0. The first-order valence-corrected chi connectivity index (χ1v) is 21.7. The van der Waals surface area contributed by atoms with Crippen molar-refractivity contribution in [3.8, 4) is 6.07 Å².